The molecule has 0 aliphatic rings. The Bertz CT molecular complexity index is 1130. The number of benzene rings is 2. The molecule has 202 valence electrons. The van der Waals surface area contributed by atoms with Gasteiger partial charge >= 0.3 is 23.9 Å². The second kappa shape index (κ2) is 15.5. The number of carbonyl (C=O) groups is 4. The smallest absolute Gasteiger partial charge is 0.342 e. The van der Waals surface area contributed by atoms with Gasteiger partial charge in [-0.3, -0.25) is 9.59 Å². The van der Waals surface area contributed by atoms with Crippen LogP contribution in [0.25, 0.3) is 0 Å². The summed E-state index contributed by atoms with van der Waals surface area (Å²) in [7, 11) is 2.99. The Morgan fingerprint density at radius 1 is 0.730 bits per heavy atom. The van der Waals surface area contributed by atoms with Crippen LogP contribution in [0.4, 0.5) is 0 Å². The molecule has 0 fully saturated rings. The molecule has 0 saturated heterocycles. The minimum atomic E-state index is -0.532. The molecule has 2 aromatic rings. The predicted octanol–water partition coefficient (Wildman–Crippen LogP) is 4.80. The minimum absolute atomic E-state index is 0.139. The van der Waals surface area contributed by atoms with Gasteiger partial charge in [0.25, 0.3) is 0 Å². The molecule has 2 aromatic carbocycles. The van der Waals surface area contributed by atoms with Gasteiger partial charge in [-0.25, -0.2) is 9.59 Å². The van der Waals surface area contributed by atoms with E-state index < -0.39 is 23.9 Å². The summed E-state index contributed by atoms with van der Waals surface area (Å²) in [6, 6.07) is 6.34. The fourth-order valence-corrected chi connectivity index (χ4v) is 3.52. The first-order valence-corrected chi connectivity index (χ1v) is 12.3. The molecule has 0 N–H and O–H groups in total. The number of esters is 4. The van der Waals surface area contributed by atoms with Gasteiger partial charge in [0.15, 0.2) is 0 Å². The standard InChI is InChI=1S/C13H15BrO5.C13H16O5/c1-4-18-13(16)12-9(7-14)5-10(17-3)6-11(12)19-8(2)15;1-5-17-13(15)12-8(2)6-10(16-4)7-11(12)18-9(3)14/h5-6H,4,7H2,1-3H3;6-7H,5H2,1-4H3. The second-order valence-corrected chi connectivity index (χ2v) is 7.80. The Morgan fingerprint density at radius 2 is 1.16 bits per heavy atom. The Balaban J connectivity index is 0.000000371. The third kappa shape index (κ3) is 9.41. The average Bonchev–Trinajstić information content (AvgIpc) is 2.82. The van der Waals surface area contributed by atoms with Crippen LogP contribution in [0.1, 0.15) is 59.5 Å². The number of carbonyl (C=O) groups excluding carboxylic acids is 4. The second-order valence-electron chi connectivity index (χ2n) is 7.24. The third-order valence-corrected chi connectivity index (χ3v) is 5.12. The molecular formula is C26H31BrO10. The first-order chi connectivity index (χ1) is 17.5. The van der Waals surface area contributed by atoms with Gasteiger partial charge in [0.2, 0.25) is 0 Å². The number of ether oxygens (including phenoxy) is 6. The highest BCUT2D eigenvalue weighted by atomic mass is 79.9. The maximum atomic E-state index is 12.0. The molecular weight excluding hydrogens is 552 g/mol. The highest BCUT2D eigenvalue weighted by Crippen LogP contribution is 2.31. The van der Waals surface area contributed by atoms with E-state index in [4.69, 9.17) is 28.4 Å². The molecule has 2 rings (SSSR count). The average molecular weight is 583 g/mol. The highest BCUT2D eigenvalue weighted by Gasteiger charge is 2.22. The van der Waals surface area contributed by atoms with Crippen LogP contribution in [0.3, 0.4) is 0 Å². The first kappa shape index (κ1) is 31.4. The first-order valence-electron chi connectivity index (χ1n) is 11.2. The number of aryl methyl sites for hydroxylation is 1. The number of hydrogen-bond donors (Lipinski definition) is 0. The van der Waals surface area contributed by atoms with Crippen LogP contribution in [0.2, 0.25) is 0 Å². The maximum absolute atomic E-state index is 12.0. The lowest BCUT2D eigenvalue weighted by atomic mass is 10.1. The zero-order chi connectivity index (χ0) is 28.1. The summed E-state index contributed by atoms with van der Waals surface area (Å²) in [4.78, 5) is 45.9. The Kier molecular flexibility index (Phi) is 13.2. The quantitative estimate of drug-likeness (QED) is 0.231. The summed E-state index contributed by atoms with van der Waals surface area (Å²) < 4.78 is 30.2. The molecule has 0 heterocycles. The normalized spacial score (nSPS) is 9.84. The van der Waals surface area contributed by atoms with Crippen LogP contribution in [-0.2, 0) is 24.4 Å². The molecule has 0 amide bonds. The fourth-order valence-electron chi connectivity index (χ4n) is 3.08. The van der Waals surface area contributed by atoms with Crippen LogP contribution in [0, 0.1) is 6.92 Å². The molecule has 11 heteroatoms. The highest BCUT2D eigenvalue weighted by molar-refractivity contribution is 9.08. The lowest BCUT2D eigenvalue weighted by Crippen LogP contribution is -2.13. The van der Waals surface area contributed by atoms with Crippen LogP contribution in [0.15, 0.2) is 24.3 Å². The molecule has 0 aliphatic carbocycles. The molecule has 37 heavy (non-hydrogen) atoms. The molecule has 0 radical (unpaired) electrons. The van der Waals surface area contributed by atoms with Crippen molar-refractivity contribution in [1.82, 2.24) is 0 Å². The molecule has 0 aliphatic heterocycles. The molecule has 10 nitrogen and oxygen atoms in total. The van der Waals surface area contributed by atoms with Crippen molar-refractivity contribution in [1.29, 1.82) is 0 Å². The van der Waals surface area contributed by atoms with E-state index >= 15 is 0 Å². The van der Waals surface area contributed by atoms with E-state index in [9.17, 15) is 19.2 Å². The van der Waals surface area contributed by atoms with E-state index in [2.05, 4.69) is 15.9 Å². The topological polar surface area (TPSA) is 124 Å². The van der Waals surface area contributed by atoms with Crippen molar-refractivity contribution >= 4 is 39.8 Å². The predicted molar refractivity (Wildman–Crippen MR) is 138 cm³/mol. The maximum Gasteiger partial charge on any atom is 0.342 e. The van der Waals surface area contributed by atoms with Crippen molar-refractivity contribution in [2.75, 3.05) is 27.4 Å². The summed E-state index contributed by atoms with van der Waals surface area (Å²) in [5.41, 5.74) is 1.74. The zero-order valence-electron chi connectivity index (χ0n) is 21.9. The minimum Gasteiger partial charge on any atom is -0.497 e. The monoisotopic (exact) mass is 582 g/mol. The number of halogens is 1. The largest absolute Gasteiger partial charge is 0.497 e. The van der Waals surface area contributed by atoms with E-state index in [1.807, 2.05) is 0 Å². The van der Waals surface area contributed by atoms with Crippen LogP contribution in [-0.4, -0.2) is 51.3 Å². The van der Waals surface area contributed by atoms with E-state index in [0.29, 0.717) is 28.0 Å². The van der Waals surface area contributed by atoms with Gasteiger partial charge in [0.1, 0.15) is 34.1 Å². The van der Waals surface area contributed by atoms with Crippen molar-refractivity contribution < 1.29 is 47.6 Å². The van der Waals surface area contributed by atoms with Gasteiger partial charge in [0, 0.05) is 31.3 Å². The van der Waals surface area contributed by atoms with Crippen molar-refractivity contribution in [2.24, 2.45) is 0 Å². The van der Waals surface area contributed by atoms with E-state index in [-0.39, 0.29) is 35.8 Å². The number of hydrogen-bond acceptors (Lipinski definition) is 10. The van der Waals surface area contributed by atoms with Gasteiger partial charge in [-0.1, -0.05) is 15.9 Å². The molecule has 0 bridgehead atoms. The summed E-state index contributed by atoms with van der Waals surface area (Å²) in [6.45, 7) is 8.17. The van der Waals surface area contributed by atoms with Gasteiger partial charge < -0.3 is 28.4 Å². The third-order valence-electron chi connectivity index (χ3n) is 4.51. The van der Waals surface area contributed by atoms with Gasteiger partial charge in [-0.2, -0.15) is 0 Å². The Morgan fingerprint density at radius 3 is 1.57 bits per heavy atom. The lowest BCUT2D eigenvalue weighted by Gasteiger charge is -2.13. The molecule has 0 atom stereocenters. The number of alkyl halides is 1. The zero-order valence-corrected chi connectivity index (χ0v) is 23.5. The van der Waals surface area contributed by atoms with Crippen molar-refractivity contribution in [3.8, 4) is 23.0 Å². The molecule has 0 spiro atoms. The van der Waals surface area contributed by atoms with Gasteiger partial charge in [-0.05, 0) is 44.0 Å². The molecule has 0 saturated carbocycles. The lowest BCUT2D eigenvalue weighted by molar-refractivity contribution is -0.132. The summed E-state index contributed by atoms with van der Waals surface area (Å²) >= 11 is 3.29. The number of methoxy groups -OCH3 is 2. The van der Waals surface area contributed by atoms with Crippen LogP contribution < -0.4 is 18.9 Å². The summed E-state index contributed by atoms with van der Waals surface area (Å²) in [5.74, 6) is -0.773. The Labute approximate surface area is 224 Å². The van der Waals surface area contributed by atoms with Crippen molar-refractivity contribution in [3.63, 3.8) is 0 Å². The van der Waals surface area contributed by atoms with E-state index in [1.54, 1.807) is 32.9 Å². The Hall–Kier alpha value is -3.60. The molecule has 0 unspecified atom stereocenters. The number of rotatable bonds is 9. The SMILES string of the molecule is CCOC(=O)c1c(C)cc(OC)cc1OC(C)=O.CCOC(=O)c1c(CBr)cc(OC)cc1OC(C)=O. The fraction of sp³-hybridized carbons (Fsp3) is 0.385. The van der Waals surface area contributed by atoms with Crippen molar-refractivity contribution in [3.05, 3.63) is 46.5 Å². The van der Waals surface area contributed by atoms with E-state index in [1.165, 1.54) is 40.2 Å². The van der Waals surface area contributed by atoms with Crippen LogP contribution in [0.5, 0.6) is 23.0 Å². The summed E-state index contributed by atoms with van der Waals surface area (Å²) in [6.07, 6.45) is 0. The summed E-state index contributed by atoms with van der Waals surface area (Å²) in [5, 5.41) is 0.409. The van der Waals surface area contributed by atoms with Gasteiger partial charge in [-0.15, -0.1) is 0 Å². The van der Waals surface area contributed by atoms with Crippen LogP contribution >= 0.6 is 15.9 Å². The van der Waals surface area contributed by atoms with Gasteiger partial charge in [0.05, 0.1) is 27.4 Å². The van der Waals surface area contributed by atoms with Crippen molar-refractivity contribution in [2.45, 2.75) is 39.9 Å². The molecule has 0 aromatic heterocycles. The van der Waals surface area contributed by atoms with E-state index in [0.717, 1.165) is 0 Å².